The molecule has 0 fully saturated rings. The van der Waals surface area contributed by atoms with Crippen molar-refractivity contribution in [3.63, 3.8) is 0 Å². The fourth-order valence-electron chi connectivity index (χ4n) is 0.989. The monoisotopic (exact) mass is 194 g/mol. The van der Waals surface area contributed by atoms with Gasteiger partial charge in [0.2, 0.25) is 0 Å². The van der Waals surface area contributed by atoms with Gasteiger partial charge in [-0.1, -0.05) is 30.9 Å². The highest BCUT2D eigenvalue weighted by Gasteiger charge is 2.21. The van der Waals surface area contributed by atoms with Crippen LogP contribution in [0.4, 0.5) is 0 Å². The average Bonchev–Trinajstić information content (AvgIpc) is 2.02. The Labute approximate surface area is 86.0 Å². The molecule has 0 amide bonds. The lowest BCUT2D eigenvalue weighted by Gasteiger charge is -2.23. The Balaban J connectivity index is 4.32. The van der Waals surface area contributed by atoms with E-state index in [1.165, 1.54) is 6.92 Å². The third-order valence-electron chi connectivity index (χ3n) is 1.73. The zero-order valence-corrected chi connectivity index (χ0v) is 9.17. The van der Waals surface area contributed by atoms with Crippen LogP contribution in [0.3, 0.4) is 0 Å². The SMILES string of the molecule is C=CC(C)(C/C=C/C(=C)C)OC(C)=O. The maximum atomic E-state index is 10.8. The second-order valence-corrected chi connectivity index (χ2v) is 3.56. The van der Waals surface area contributed by atoms with Crippen LogP contribution in [-0.4, -0.2) is 11.6 Å². The number of carbonyl (C=O) groups excluding carboxylic acids is 1. The Morgan fingerprint density at radius 3 is 2.43 bits per heavy atom. The van der Waals surface area contributed by atoms with Gasteiger partial charge in [-0.05, 0) is 19.9 Å². The van der Waals surface area contributed by atoms with E-state index in [0.717, 1.165) is 5.57 Å². The fourth-order valence-corrected chi connectivity index (χ4v) is 0.989. The van der Waals surface area contributed by atoms with Crippen molar-refractivity contribution in [2.24, 2.45) is 0 Å². The van der Waals surface area contributed by atoms with Gasteiger partial charge in [-0.3, -0.25) is 4.79 Å². The lowest BCUT2D eigenvalue weighted by atomic mass is 10.0. The molecule has 0 radical (unpaired) electrons. The van der Waals surface area contributed by atoms with Gasteiger partial charge >= 0.3 is 5.97 Å². The van der Waals surface area contributed by atoms with Crippen LogP contribution in [0.5, 0.6) is 0 Å². The van der Waals surface area contributed by atoms with E-state index in [9.17, 15) is 4.79 Å². The van der Waals surface area contributed by atoms with Crippen molar-refractivity contribution >= 4 is 5.97 Å². The number of esters is 1. The van der Waals surface area contributed by atoms with Crippen LogP contribution < -0.4 is 0 Å². The zero-order chi connectivity index (χ0) is 11.2. The molecule has 0 heterocycles. The minimum Gasteiger partial charge on any atom is -0.455 e. The zero-order valence-electron chi connectivity index (χ0n) is 9.17. The summed E-state index contributed by atoms with van der Waals surface area (Å²) in [5, 5.41) is 0. The molecule has 0 aliphatic carbocycles. The highest BCUT2D eigenvalue weighted by molar-refractivity contribution is 5.66. The van der Waals surface area contributed by atoms with Gasteiger partial charge in [0.1, 0.15) is 5.60 Å². The first kappa shape index (κ1) is 12.7. The van der Waals surface area contributed by atoms with Crippen LogP contribution in [0, 0.1) is 0 Å². The van der Waals surface area contributed by atoms with Crippen LogP contribution in [0.15, 0.2) is 37.0 Å². The third-order valence-corrected chi connectivity index (χ3v) is 1.73. The molecule has 1 atom stereocenters. The number of hydrogen-bond acceptors (Lipinski definition) is 2. The van der Waals surface area contributed by atoms with Gasteiger partial charge in [0.25, 0.3) is 0 Å². The van der Waals surface area contributed by atoms with Crippen LogP contribution in [0.2, 0.25) is 0 Å². The van der Waals surface area contributed by atoms with Crippen molar-refractivity contribution in [1.29, 1.82) is 0 Å². The smallest absolute Gasteiger partial charge is 0.303 e. The normalized spacial score (nSPS) is 14.8. The number of hydrogen-bond donors (Lipinski definition) is 0. The topological polar surface area (TPSA) is 26.3 Å². The van der Waals surface area contributed by atoms with Gasteiger partial charge in [-0.25, -0.2) is 0 Å². The predicted octanol–water partition coefficient (Wildman–Crippen LogP) is 3.02. The first-order valence-corrected chi connectivity index (χ1v) is 4.55. The highest BCUT2D eigenvalue weighted by Crippen LogP contribution is 2.18. The lowest BCUT2D eigenvalue weighted by molar-refractivity contribution is -0.150. The molecule has 0 saturated carbocycles. The Morgan fingerprint density at radius 1 is 1.50 bits per heavy atom. The number of carbonyl (C=O) groups is 1. The van der Waals surface area contributed by atoms with Crippen molar-refractivity contribution in [3.05, 3.63) is 37.0 Å². The quantitative estimate of drug-likeness (QED) is 0.382. The van der Waals surface area contributed by atoms with E-state index in [1.807, 2.05) is 26.0 Å². The van der Waals surface area contributed by atoms with Crippen LogP contribution >= 0.6 is 0 Å². The molecular weight excluding hydrogens is 176 g/mol. The van der Waals surface area contributed by atoms with E-state index in [4.69, 9.17) is 4.74 Å². The van der Waals surface area contributed by atoms with Crippen molar-refractivity contribution in [3.8, 4) is 0 Å². The summed E-state index contributed by atoms with van der Waals surface area (Å²) in [7, 11) is 0. The van der Waals surface area contributed by atoms with Gasteiger partial charge < -0.3 is 4.74 Å². The highest BCUT2D eigenvalue weighted by atomic mass is 16.6. The summed E-state index contributed by atoms with van der Waals surface area (Å²) >= 11 is 0. The van der Waals surface area contributed by atoms with Crippen LogP contribution in [0.1, 0.15) is 27.2 Å². The lowest BCUT2D eigenvalue weighted by Crippen LogP contribution is -2.27. The fraction of sp³-hybridized carbons (Fsp3) is 0.417. The van der Waals surface area contributed by atoms with E-state index in [2.05, 4.69) is 13.2 Å². The summed E-state index contributed by atoms with van der Waals surface area (Å²) in [6.45, 7) is 12.5. The van der Waals surface area contributed by atoms with Gasteiger partial charge in [0.05, 0.1) is 0 Å². The summed E-state index contributed by atoms with van der Waals surface area (Å²) < 4.78 is 5.13. The number of ether oxygens (including phenoxy) is 1. The molecule has 0 saturated heterocycles. The summed E-state index contributed by atoms with van der Waals surface area (Å²) in [6, 6.07) is 0. The van der Waals surface area contributed by atoms with Crippen molar-refractivity contribution in [2.75, 3.05) is 0 Å². The van der Waals surface area contributed by atoms with E-state index in [0.29, 0.717) is 6.42 Å². The molecule has 0 spiro atoms. The Bertz CT molecular complexity index is 263. The van der Waals surface area contributed by atoms with Gasteiger partial charge in [0, 0.05) is 13.3 Å². The minimum atomic E-state index is -0.613. The molecule has 0 bridgehead atoms. The molecule has 0 N–H and O–H groups in total. The van der Waals surface area contributed by atoms with E-state index in [1.54, 1.807) is 6.08 Å². The maximum absolute atomic E-state index is 10.8. The standard InChI is InChI=1S/C12H18O2/c1-6-12(5,14-11(4)13)9-7-8-10(2)3/h6-8H,1-2,9H2,3-5H3/b8-7+. The molecule has 1 unspecified atom stereocenters. The first-order chi connectivity index (χ1) is 6.39. The Morgan fingerprint density at radius 2 is 2.07 bits per heavy atom. The molecule has 14 heavy (non-hydrogen) atoms. The van der Waals surface area contributed by atoms with E-state index >= 15 is 0 Å². The van der Waals surface area contributed by atoms with Gasteiger partial charge in [-0.2, -0.15) is 0 Å². The second-order valence-electron chi connectivity index (χ2n) is 3.56. The molecule has 0 aromatic rings. The van der Waals surface area contributed by atoms with Gasteiger partial charge in [-0.15, -0.1) is 0 Å². The minimum absolute atomic E-state index is 0.295. The van der Waals surface area contributed by atoms with Crippen molar-refractivity contribution in [1.82, 2.24) is 0 Å². The van der Waals surface area contributed by atoms with E-state index in [-0.39, 0.29) is 5.97 Å². The molecule has 0 aliphatic rings. The molecule has 78 valence electrons. The van der Waals surface area contributed by atoms with E-state index < -0.39 is 5.60 Å². The van der Waals surface area contributed by atoms with Crippen molar-refractivity contribution in [2.45, 2.75) is 32.8 Å². The summed E-state index contributed by atoms with van der Waals surface area (Å²) in [6.07, 6.45) is 6.07. The maximum Gasteiger partial charge on any atom is 0.303 e. The third kappa shape index (κ3) is 5.36. The molecular formula is C12H18O2. The predicted molar refractivity (Wildman–Crippen MR) is 58.9 cm³/mol. The first-order valence-electron chi connectivity index (χ1n) is 4.55. The number of rotatable bonds is 5. The molecule has 2 heteroatoms. The molecule has 2 nitrogen and oxygen atoms in total. The average molecular weight is 194 g/mol. The molecule has 0 aliphatic heterocycles. The second kappa shape index (κ2) is 5.43. The summed E-state index contributed by atoms with van der Waals surface area (Å²) in [5.74, 6) is -0.295. The Kier molecular flexibility index (Phi) is 4.92. The molecule has 0 aromatic heterocycles. The molecule has 0 rings (SSSR count). The summed E-state index contributed by atoms with van der Waals surface area (Å²) in [5.41, 5.74) is 0.358. The van der Waals surface area contributed by atoms with Crippen LogP contribution in [-0.2, 0) is 9.53 Å². The molecule has 0 aromatic carbocycles. The summed E-state index contributed by atoms with van der Waals surface area (Å²) in [4.78, 5) is 10.8. The largest absolute Gasteiger partial charge is 0.455 e. The van der Waals surface area contributed by atoms with Crippen LogP contribution in [0.25, 0.3) is 0 Å². The van der Waals surface area contributed by atoms with Gasteiger partial charge in [0.15, 0.2) is 0 Å². The number of allylic oxidation sites excluding steroid dienone is 2. The Hall–Kier alpha value is -1.31. The van der Waals surface area contributed by atoms with Crippen molar-refractivity contribution < 1.29 is 9.53 Å².